The van der Waals surface area contributed by atoms with Gasteiger partial charge in [0.15, 0.2) is 0 Å². The Labute approximate surface area is 195 Å². The number of fused-ring (bicyclic) bond motifs is 1. The van der Waals surface area contributed by atoms with Crippen LogP contribution in [0.2, 0.25) is 0 Å². The molecule has 32 heavy (non-hydrogen) atoms. The van der Waals surface area contributed by atoms with Crippen LogP contribution < -0.4 is 4.74 Å². The van der Waals surface area contributed by atoms with E-state index in [1.807, 2.05) is 37.4 Å². The standard InChI is InChI=1S/C28H44N2O2/c1-5-7-8-9-10-18-30-19-15-23(22(6-2)21-30)13-16-28(3,31)26-14-17-29-27-12-11-24(32-4)20-25(26)27/h11-12,14,17,20,22-23,31H,5-10,13,15-16,18-19,21H2,1-4H3/t22-,23+,28?/m0/s1. The van der Waals surface area contributed by atoms with Crippen molar-refractivity contribution in [1.29, 1.82) is 0 Å². The lowest BCUT2D eigenvalue weighted by Crippen LogP contribution is -2.41. The number of rotatable bonds is 12. The van der Waals surface area contributed by atoms with Gasteiger partial charge in [0.1, 0.15) is 5.75 Å². The van der Waals surface area contributed by atoms with Crippen molar-refractivity contribution < 1.29 is 9.84 Å². The third-order valence-electron chi connectivity index (χ3n) is 7.61. The van der Waals surface area contributed by atoms with E-state index in [0.29, 0.717) is 5.92 Å². The maximum Gasteiger partial charge on any atom is 0.119 e. The van der Waals surface area contributed by atoms with Gasteiger partial charge in [0.05, 0.1) is 18.2 Å². The second-order valence-electron chi connectivity index (χ2n) is 9.99. The Morgan fingerprint density at radius 2 is 1.94 bits per heavy atom. The molecule has 1 fully saturated rings. The Morgan fingerprint density at radius 3 is 2.69 bits per heavy atom. The molecule has 0 radical (unpaired) electrons. The summed E-state index contributed by atoms with van der Waals surface area (Å²) >= 11 is 0. The van der Waals surface area contributed by atoms with E-state index in [9.17, 15) is 5.11 Å². The number of piperidine rings is 1. The molecule has 178 valence electrons. The van der Waals surface area contributed by atoms with Crippen LogP contribution in [0.3, 0.4) is 0 Å². The quantitative estimate of drug-likeness (QED) is 0.380. The van der Waals surface area contributed by atoms with Crippen molar-refractivity contribution in [2.24, 2.45) is 11.8 Å². The molecule has 1 aromatic carbocycles. The van der Waals surface area contributed by atoms with E-state index in [1.54, 1.807) is 7.11 Å². The molecule has 3 atom stereocenters. The number of ether oxygens (including phenoxy) is 1. The molecule has 2 aromatic rings. The van der Waals surface area contributed by atoms with Gasteiger partial charge >= 0.3 is 0 Å². The third-order valence-corrected chi connectivity index (χ3v) is 7.61. The van der Waals surface area contributed by atoms with E-state index in [1.165, 1.54) is 64.6 Å². The summed E-state index contributed by atoms with van der Waals surface area (Å²) in [5.74, 6) is 2.24. The third kappa shape index (κ3) is 6.45. The van der Waals surface area contributed by atoms with E-state index in [0.717, 1.165) is 41.0 Å². The minimum absolute atomic E-state index is 0.699. The lowest BCUT2D eigenvalue weighted by molar-refractivity contribution is 0.0284. The van der Waals surface area contributed by atoms with Crippen molar-refractivity contribution in [3.63, 3.8) is 0 Å². The fourth-order valence-corrected chi connectivity index (χ4v) is 5.46. The molecule has 1 saturated heterocycles. The lowest BCUT2D eigenvalue weighted by Gasteiger charge is -2.39. The number of benzene rings is 1. The van der Waals surface area contributed by atoms with Gasteiger partial charge in [-0.05, 0) is 87.4 Å². The summed E-state index contributed by atoms with van der Waals surface area (Å²) in [5, 5.41) is 12.5. The van der Waals surface area contributed by atoms with Crippen LogP contribution in [0.1, 0.15) is 84.1 Å². The molecule has 1 N–H and O–H groups in total. The average Bonchev–Trinajstić information content (AvgIpc) is 2.82. The lowest BCUT2D eigenvalue weighted by atomic mass is 9.77. The summed E-state index contributed by atoms with van der Waals surface area (Å²) in [6, 6.07) is 7.87. The van der Waals surface area contributed by atoms with Gasteiger partial charge in [-0.3, -0.25) is 4.98 Å². The fourth-order valence-electron chi connectivity index (χ4n) is 5.46. The highest BCUT2D eigenvalue weighted by molar-refractivity contribution is 5.84. The van der Waals surface area contributed by atoms with Crippen LogP contribution in [-0.2, 0) is 5.60 Å². The van der Waals surface area contributed by atoms with Crippen molar-refractivity contribution in [1.82, 2.24) is 9.88 Å². The number of hydrogen-bond acceptors (Lipinski definition) is 4. The normalized spacial score (nSPS) is 21.5. The van der Waals surface area contributed by atoms with Crippen LogP contribution in [0.15, 0.2) is 30.5 Å². The highest BCUT2D eigenvalue weighted by atomic mass is 16.5. The van der Waals surface area contributed by atoms with Crippen molar-refractivity contribution in [2.45, 2.75) is 84.2 Å². The fraction of sp³-hybridized carbons (Fsp3) is 0.679. The number of hydrogen-bond donors (Lipinski definition) is 1. The van der Waals surface area contributed by atoms with Crippen molar-refractivity contribution in [3.8, 4) is 5.75 Å². The molecule has 0 aliphatic carbocycles. The predicted molar refractivity (Wildman–Crippen MR) is 134 cm³/mol. The van der Waals surface area contributed by atoms with Gasteiger partial charge in [-0.25, -0.2) is 0 Å². The second-order valence-corrected chi connectivity index (χ2v) is 9.99. The number of likely N-dealkylation sites (tertiary alicyclic amines) is 1. The Morgan fingerprint density at radius 1 is 1.12 bits per heavy atom. The zero-order valence-corrected chi connectivity index (χ0v) is 20.8. The van der Waals surface area contributed by atoms with Crippen molar-refractivity contribution in [3.05, 3.63) is 36.0 Å². The Hall–Kier alpha value is -1.65. The maximum absolute atomic E-state index is 11.5. The summed E-state index contributed by atoms with van der Waals surface area (Å²) in [5.41, 5.74) is 0.989. The van der Waals surface area contributed by atoms with E-state index >= 15 is 0 Å². The molecule has 0 spiro atoms. The number of unbranched alkanes of at least 4 members (excludes halogenated alkanes) is 4. The number of aliphatic hydroxyl groups is 1. The Bertz CT molecular complexity index is 835. The molecular formula is C28H44N2O2. The largest absolute Gasteiger partial charge is 0.497 e. The number of aromatic nitrogens is 1. The smallest absolute Gasteiger partial charge is 0.119 e. The monoisotopic (exact) mass is 440 g/mol. The van der Waals surface area contributed by atoms with Crippen molar-refractivity contribution >= 4 is 10.9 Å². The first-order valence-corrected chi connectivity index (χ1v) is 12.9. The van der Waals surface area contributed by atoms with Gasteiger partial charge < -0.3 is 14.7 Å². The second kappa shape index (κ2) is 12.0. The van der Waals surface area contributed by atoms with E-state index in [2.05, 4.69) is 23.7 Å². The Kier molecular flexibility index (Phi) is 9.36. The zero-order valence-electron chi connectivity index (χ0n) is 20.8. The van der Waals surface area contributed by atoms with Crippen LogP contribution in [0.25, 0.3) is 10.9 Å². The maximum atomic E-state index is 11.5. The van der Waals surface area contributed by atoms with E-state index in [-0.39, 0.29) is 0 Å². The summed E-state index contributed by atoms with van der Waals surface area (Å²) in [6.07, 6.45) is 12.9. The Balaban J connectivity index is 1.59. The minimum atomic E-state index is -0.873. The van der Waals surface area contributed by atoms with Crippen LogP contribution in [0, 0.1) is 11.8 Å². The van der Waals surface area contributed by atoms with E-state index < -0.39 is 5.60 Å². The van der Waals surface area contributed by atoms with Gasteiger partial charge in [0.25, 0.3) is 0 Å². The molecule has 4 nitrogen and oxygen atoms in total. The summed E-state index contributed by atoms with van der Waals surface area (Å²) in [6.45, 7) is 10.3. The van der Waals surface area contributed by atoms with Crippen molar-refractivity contribution in [2.75, 3.05) is 26.7 Å². The molecule has 1 aliphatic heterocycles. The first kappa shape index (κ1) is 25.0. The molecular weight excluding hydrogens is 396 g/mol. The van der Waals surface area contributed by atoms with Gasteiger partial charge in [-0.15, -0.1) is 0 Å². The topological polar surface area (TPSA) is 45.6 Å². The van der Waals surface area contributed by atoms with E-state index in [4.69, 9.17) is 4.74 Å². The molecule has 0 amide bonds. The molecule has 1 unspecified atom stereocenters. The number of methoxy groups -OCH3 is 1. The average molecular weight is 441 g/mol. The van der Waals surface area contributed by atoms with Gasteiger partial charge in [0.2, 0.25) is 0 Å². The zero-order chi connectivity index (χ0) is 23.0. The molecule has 3 rings (SSSR count). The van der Waals surface area contributed by atoms with Gasteiger partial charge in [0, 0.05) is 18.1 Å². The summed E-state index contributed by atoms with van der Waals surface area (Å²) in [7, 11) is 1.68. The first-order valence-electron chi connectivity index (χ1n) is 12.9. The molecule has 1 aliphatic rings. The molecule has 1 aromatic heterocycles. The summed E-state index contributed by atoms with van der Waals surface area (Å²) < 4.78 is 5.42. The van der Waals surface area contributed by atoms with Crippen LogP contribution in [0.5, 0.6) is 5.75 Å². The summed E-state index contributed by atoms with van der Waals surface area (Å²) in [4.78, 5) is 7.17. The molecule has 0 saturated carbocycles. The van der Waals surface area contributed by atoms with Gasteiger partial charge in [-0.2, -0.15) is 0 Å². The predicted octanol–water partition coefficient (Wildman–Crippen LogP) is 6.55. The van der Waals surface area contributed by atoms with Crippen LogP contribution in [-0.4, -0.2) is 41.7 Å². The van der Waals surface area contributed by atoms with Crippen LogP contribution in [0.4, 0.5) is 0 Å². The van der Waals surface area contributed by atoms with Gasteiger partial charge in [-0.1, -0.05) is 46.0 Å². The SMILES string of the molecule is CCCCCCCN1CC[C@@H](CCC(C)(O)c2ccnc3ccc(OC)cc23)[C@@H](CC)C1. The van der Waals surface area contributed by atoms with Crippen LogP contribution >= 0.6 is 0 Å². The number of nitrogens with zero attached hydrogens (tertiary/aromatic N) is 2. The highest BCUT2D eigenvalue weighted by Crippen LogP contribution is 2.37. The molecule has 4 heteroatoms. The molecule has 2 heterocycles. The molecule has 0 bridgehead atoms. The number of pyridine rings is 1. The first-order chi connectivity index (χ1) is 15.5. The highest BCUT2D eigenvalue weighted by Gasteiger charge is 2.32. The minimum Gasteiger partial charge on any atom is -0.497 e.